The number of hydrogen-bond acceptors (Lipinski definition) is 5. The molecule has 7 heteroatoms. The highest BCUT2D eigenvalue weighted by Crippen LogP contribution is 2.37. The highest BCUT2D eigenvalue weighted by molar-refractivity contribution is 7.14. The molecule has 0 saturated carbocycles. The van der Waals surface area contributed by atoms with Gasteiger partial charge in [-0.25, -0.2) is 4.98 Å². The molecule has 0 bridgehead atoms. The minimum atomic E-state index is -0.207. The number of benzene rings is 2. The van der Waals surface area contributed by atoms with Crippen molar-refractivity contribution >= 4 is 28.1 Å². The largest absolute Gasteiger partial charge is 0.363 e. The van der Waals surface area contributed by atoms with Gasteiger partial charge in [0.1, 0.15) is 5.69 Å². The molecule has 33 heavy (non-hydrogen) atoms. The summed E-state index contributed by atoms with van der Waals surface area (Å²) < 4.78 is 1.86. The van der Waals surface area contributed by atoms with Crippen LogP contribution in [0.5, 0.6) is 0 Å². The summed E-state index contributed by atoms with van der Waals surface area (Å²) in [7, 11) is 0. The van der Waals surface area contributed by atoms with Crippen molar-refractivity contribution in [1.29, 1.82) is 5.26 Å². The van der Waals surface area contributed by atoms with Gasteiger partial charge >= 0.3 is 0 Å². The number of hydrogen-bond donors (Lipinski definition) is 1. The lowest BCUT2D eigenvalue weighted by Crippen LogP contribution is -2.22. The first-order valence-corrected chi connectivity index (χ1v) is 11.8. The maximum atomic E-state index is 13.0. The second-order valence-electron chi connectivity index (χ2n) is 8.01. The van der Waals surface area contributed by atoms with Crippen molar-refractivity contribution in [3.05, 3.63) is 101 Å². The zero-order valence-corrected chi connectivity index (χ0v) is 18.8. The van der Waals surface area contributed by atoms with Gasteiger partial charge in [0.25, 0.3) is 5.91 Å². The average molecular weight is 454 g/mol. The lowest BCUT2D eigenvalue weighted by molar-refractivity contribution is 0.101. The number of nitrogens with one attached hydrogen (secondary N) is 1. The zero-order chi connectivity index (χ0) is 22.6. The fraction of sp³-hybridized carbons (Fsp3) is 0.192. The summed E-state index contributed by atoms with van der Waals surface area (Å²) in [6.45, 7) is 1.46. The molecule has 6 nitrogen and oxygen atoms in total. The van der Waals surface area contributed by atoms with E-state index in [0.717, 1.165) is 30.6 Å². The normalized spacial score (nSPS) is 15.4. The number of para-hydroxylation sites is 1. The van der Waals surface area contributed by atoms with Gasteiger partial charge in [0.05, 0.1) is 23.4 Å². The van der Waals surface area contributed by atoms with Crippen molar-refractivity contribution < 1.29 is 4.79 Å². The molecule has 2 aromatic carbocycles. The number of amides is 1. The fourth-order valence-corrected chi connectivity index (χ4v) is 5.12. The van der Waals surface area contributed by atoms with Gasteiger partial charge in [0.15, 0.2) is 5.13 Å². The van der Waals surface area contributed by atoms with Crippen molar-refractivity contribution in [1.82, 2.24) is 9.55 Å². The summed E-state index contributed by atoms with van der Waals surface area (Å²) in [6.07, 6.45) is 4.02. The molecule has 3 heterocycles. The van der Waals surface area contributed by atoms with Gasteiger partial charge in [-0.3, -0.25) is 10.1 Å². The van der Waals surface area contributed by atoms with E-state index < -0.39 is 0 Å². The Labute approximate surface area is 196 Å². The smallest absolute Gasteiger partial charge is 0.274 e. The van der Waals surface area contributed by atoms with Gasteiger partial charge in [-0.05, 0) is 48.7 Å². The Morgan fingerprint density at radius 2 is 1.94 bits per heavy atom. The van der Waals surface area contributed by atoms with E-state index in [4.69, 9.17) is 4.98 Å². The molecule has 4 aromatic rings. The zero-order valence-electron chi connectivity index (χ0n) is 18.0. The summed E-state index contributed by atoms with van der Waals surface area (Å²) in [4.78, 5) is 20.2. The molecule has 164 valence electrons. The molecule has 1 atom stereocenters. The van der Waals surface area contributed by atoms with Crippen LogP contribution in [0, 0.1) is 11.3 Å². The predicted octanol–water partition coefficient (Wildman–Crippen LogP) is 5.46. The second kappa shape index (κ2) is 9.31. The van der Waals surface area contributed by atoms with Crippen LogP contribution in [-0.2, 0) is 6.54 Å². The minimum absolute atomic E-state index is 0.207. The number of nitriles is 1. The Hall–Kier alpha value is -3.89. The van der Waals surface area contributed by atoms with Gasteiger partial charge in [0.2, 0.25) is 0 Å². The highest BCUT2D eigenvalue weighted by Gasteiger charge is 2.28. The topological polar surface area (TPSA) is 74.0 Å². The number of carbonyl (C=O) groups excluding carboxylic acids is 1. The standard InChI is InChI=1S/C26H23N5OS/c27-16-19-8-4-5-9-20(19)17-30-14-6-13-24(30)25(32)29-26-28-22(18-33-26)23-12-7-15-31(23)21-10-2-1-3-11-21/h1-6,8-11,13-14,18,23H,7,12,15,17H2,(H,28,29,32). The monoisotopic (exact) mass is 453 g/mol. The Balaban J connectivity index is 1.30. The summed E-state index contributed by atoms with van der Waals surface area (Å²) in [6, 6.07) is 23.9. The predicted molar refractivity (Wildman–Crippen MR) is 131 cm³/mol. The van der Waals surface area contributed by atoms with Crippen LogP contribution in [0.25, 0.3) is 0 Å². The number of carbonyl (C=O) groups is 1. The molecule has 1 aliphatic rings. The van der Waals surface area contributed by atoms with Gasteiger partial charge < -0.3 is 9.47 Å². The number of nitrogens with zero attached hydrogens (tertiary/aromatic N) is 4. The number of thiazole rings is 1. The maximum Gasteiger partial charge on any atom is 0.274 e. The van der Waals surface area contributed by atoms with E-state index in [9.17, 15) is 10.1 Å². The highest BCUT2D eigenvalue weighted by atomic mass is 32.1. The van der Waals surface area contributed by atoms with Crippen LogP contribution in [0.3, 0.4) is 0 Å². The van der Waals surface area contributed by atoms with E-state index in [2.05, 4.69) is 40.6 Å². The Kier molecular flexibility index (Phi) is 5.92. The number of aromatic nitrogens is 2. The summed E-state index contributed by atoms with van der Waals surface area (Å²) in [5.41, 5.74) is 4.22. The van der Waals surface area contributed by atoms with E-state index in [1.807, 2.05) is 46.5 Å². The molecule has 1 amide bonds. The van der Waals surface area contributed by atoms with Crippen molar-refractivity contribution in [2.45, 2.75) is 25.4 Å². The number of anilines is 2. The van der Waals surface area contributed by atoms with E-state index in [1.54, 1.807) is 12.1 Å². The lowest BCUT2D eigenvalue weighted by Gasteiger charge is -2.25. The lowest BCUT2D eigenvalue weighted by atomic mass is 10.1. The third-order valence-electron chi connectivity index (χ3n) is 5.97. The first kappa shape index (κ1) is 21.0. The van der Waals surface area contributed by atoms with Crippen molar-refractivity contribution in [2.24, 2.45) is 0 Å². The van der Waals surface area contributed by atoms with Crippen molar-refractivity contribution in [2.75, 3.05) is 16.8 Å². The Bertz CT molecular complexity index is 1300. The quantitative estimate of drug-likeness (QED) is 0.421. The molecule has 0 spiro atoms. The fourth-order valence-electron chi connectivity index (χ4n) is 4.37. The minimum Gasteiger partial charge on any atom is -0.363 e. The van der Waals surface area contributed by atoms with E-state index >= 15 is 0 Å². The van der Waals surface area contributed by atoms with Crippen molar-refractivity contribution in [3.63, 3.8) is 0 Å². The molecule has 1 saturated heterocycles. The maximum absolute atomic E-state index is 13.0. The second-order valence-corrected chi connectivity index (χ2v) is 8.87. The van der Waals surface area contributed by atoms with Crippen LogP contribution in [0.4, 0.5) is 10.8 Å². The Morgan fingerprint density at radius 1 is 1.12 bits per heavy atom. The molecule has 0 radical (unpaired) electrons. The molecule has 1 fully saturated rings. The van der Waals surface area contributed by atoms with Crippen LogP contribution < -0.4 is 10.2 Å². The summed E-state index contributed by atoms with van der Waals surface area (Å²) >= 11 is 1.45. The molecule has 2 aromatic heterocycles. The summed E-state index contributed by atoms with van der Waals surface area (Å²) in [5.74, 6) is -0.207. The molecular formula is C26H23N5OS. The molecule has 1 aliphatic heterocycles. The van der Waals surface area contributed by atoms with Crippen LogP contribution in [0.1, 0.15) is 46.2 Å². The molecule has 1 unspecified atom stereocenters. The van der Waals surface area contributed by atoms with Crippen LogP contribution in [0.15, 0.2) is 78.3 Å². The van der Waals surface area contributed by atoms with Crippen LogP contribution in [0.2, 0.25) is 0 Å². The third-order valence-corrected chi connectivity index (χ3v) is 6.74. The Morgan fingerprint density at radius 3 is 2.79 bits per heavy atom. The van der Waals surface area contributed by atoms with E-state index in [0.29, 0.717) is 22.9 Å². The molecule has 5 rings (SSSR count). The van der Waals surface area contributed by atoms with Gasteiger partial charge in [-0.1, -0.05) is 36.4 Å². The van der Waals surface area contributed by atoms with E-state index in [-0.39, 0.29) is 11.9 Å². The molecular weight excluding hydrogens is 430 g/mol. The molecule has 0 aliphatic carbocycles. The third kappa shape index (κ3) is 4.38. The first-order valence-electron chi connectivity index (χ1n) is 10.9. The summed E-state index contributed by atoms with van der Waals surface area (Å²) in [5, 5.41) is 15.0. The number of rotatable bonds is 6. The van der Waals surface area contributed by atoms with Crippen LogP contribution in [-0.4, -0.2) is 22.0 Å². The van der Waals surface area contributed by atoms with Crippen molar-refractivity contribution in [3.8, 4) is 6.07 Å². The van der Waals surface area contributed by atoms with Crippen LogP contribution >= 0.6 is 11.3 Å². The SMILES string of the molecule is N#Cc1ccccc1Cn1cccc1C(=O)Nc1nc(C2CCCN2c2ccccc2)cs1. The van der Waals surface area contributed by atoms with Gasteiger partial charge in [0, 0.05) is 30.4 Å². The average Bonchev–Trinajstić information content (AvgIpc) is 3.61. The molecule has 1 N–H and O–H groups in total. The van der Waals surface area contributed by atoms with E-state index in [1.165, 1.54) is 17.0 Å². The first-order chi connectivity index (χ1) is 16.2. The van der Waals surface area contributed by atoms with Gasteiger partial charge in [-0.2, -0.15) is 5.26 Å². The van der Waals surface area contributed by atoms with Gasteiger partial charge in [-0.15, -0.1) is 11.3 Å².